The molecule has 0 atom stereocenters. The number of nitrogens with one attached hydrogen (secondary N) is 1. The highest BCUT2D eigenvalue weighted by Gasteiger charge is 2.18. The first-order chi connectivity index (χ1) is 12.5. The van der Waals surface area contributed by atoms with E-state index in [1.54, 1.807) is 30.5 Å². The van der Waals surface area contributed by atoms with Crippen LogP contribution in [0, 0.1) is 6.92 Å². The second-order valence-electron chi connectivity index (χ2n) is 6.13. The minimum Gasteiger partial charge on any atom is -0.360 e. The zero-order valence-electron chi connectivity index (χ0n) is 14.1. The molecule has 4 aromatic rings. The fourth-order valence-electron chi connectivity index (χ4n) is 2.84. The Bertz CT molecular complexity index is 1160. The molecule has 0 fully saturated rings. The lowest BCUT2D eigenvalue weighted by molar-refractivity contribution is 0.610. The molecule has 1 heterocycles. The van der Waals surface area contributed by atoms with Crippen LogP contribution in [0.4, 0.5) is 0 Å². The number of aromatic nitrogens is 1. The van der Waals surface area contributed by atoms with E-state index in [9.17, 15) is 8.42 Å². The molecular formula is C21H17NO2S2. The molecular weight excluding hydrogens is 362 g/mol. The summed E-state index contributed by atoms with van der Waals surface area (Å²) in [6, 6.07) is 22.9. The van der Waals surface area contributed by atoms with Crippen LogP contribution in [0.15, 0.2) is 88.8 Å². The maximum atomic E-state index is 12.7. The lowest BCUT2D eigenvalue weighted by Crippen LogP contribution is -1.94. The van der Waals surface area contributed by atoms with Crippen LogP contribution >= 0.6 is 10.8 Å². The van der Waals surface area contributed by atoms with Gasteiger partial charge in [-0.25, -0.2) is 8.42 Å². The molecule has 0 aliphatic rings. The number of rotatable bonds is 4. The molecule has 3 nitrogen and oxygen atoms in total. The molecule has 26 heavy (non-hydrogen) atoms. The van der Waals surface area contributed by atoms with Crippen LogP contribution in [-0.4, -0.2) is 13.4 Å². The number of benzene rings is 3. The first-order valence-electron chi connectivity index (χ1n) is 8.21. The van der Waals surface area contributed by atoms with Crippen molar-refractivity contribution >= 4 is 30.6 Å². The van der Waals surface area contributed by atoms with Crippen LogP contribution < -0.4 is 0 Å². The Morgan fingerprint density at radius 3 is 2.27 bits per heavy atom. The summed E-state index contributed by atoms with van der Waals surface area (Å²) in [4.78, 5) is 4.18. The van der Waals surface area contributed by atoms with E-state index >= 15 is 0 Å². The van der Waals surface area contributed by atoms with Crippen molar-refractivity contribution in [2.75, 3.05) is 0 Å². The molecule has 1 N–H and O–H groups in total. The molecule has 4 rings (SSSR count). The Hall–Kier alpha value is -2.50. The van der Waals surface area contributed by atoms with Crippen molar-refractivity contribution < 1.29 is 8.42 Å². The van der Waals surface area contributed by atoms with Gasteiger partial charge in [-0.05, 0) is 42.3 Å². The number of H-pyrrole nitrogens is 1. The van der Waals surface area contributed by atoms with Gasteiger partial charge in [-0.2, -0.15) is 0 Å². The van der Waals surface area contributed by atoms with Gasteiger partial charge in [-0.3, -0.25) is 0 Å². The number of fused-ring (bicyclic) bond motifs is 1. The molecule has 3 aromatic carbocycles. The summed E-state index contributed by atoms with van der Waals surface area (Å²) in [5.41, 5.74) is 4.31. The quantitative estimate of drug-likeness (QED) is 0.468. The molecule has 0 bridgehead atoms. The fraction of sp³-hybridized carbons (Fsp3) is 0.0476. The molecule has 0 radical (unpaired) electrons. The van der Waals surface area contributed by atoms with Gasteiger partial charge in [0.05, 0.1) is 4.90 Å². The molecule has 0 saturated carbocycles. The smallest absolute Gasteiger partial charge is 0.234 e. The first kappa shape index (κ1) is 16.9. The maximum absolute atomic E-state index is 12.7. The summed E-state index contributed by atoms with van der Waals surface area (Å²) in [5, 5.41) is 0.910. The zero-order chi connectivity index (χ0) is 18.1. The van der Waals surface area contributed by atoms with Crippen molar-refractivity contribution in [3.63, 3.8) is 0 Å². The van der Waals surface area contributed by atoms with E-state index in [2.05, 4.69) is 36.2 Å². The number of hydrogen-bond acceptors (Lipinski definition) is 3. The fourth-order valence-corrected chi connectivity index (χ4v) is 5.78. The van der Waals surface area contributed by atoms with E-state index in [0.717, 1.165) is 32.8 Å². The van der Waals surface area contributed by atoms with Gasteiger partial charge < -0.3 is 4.98 Å². The van der Waals surface area contributed by atoms with E-state index < -0.39 is 8.87 Å². The van der Waals surface area contributed by atoms with Crippen molar-refractivity contribution in [2.45, 2.75) is 16.7 Å². The minimum atomic E-state index is -3.46. The molecule has 0 spiro atoms. The summed E-state index contributed by atoms with van der Waals surface area (Å²) in [7, 11) is -2.58. The van der Waals surface area contributed by atoms with Crippen molar-refractivity contribution in [3.8, 4) is 11.1 Å². The Balaban J connectivity index is 1.74. The van der Waals surface area contributed by atoms with Gasteiger partial charge >= 0.3 is 0 Å². The number of aromatic amines is 1. The van der Waals surface area contributed by atoms with Crippen LogP contribution in [0.2, 0.25) is 0 Å². The Morgan fingerprint density at radius 2 is 1.54 bits per heavy atom. The Morgan fingerprint density at radius 1 is 0.846 bits per heavy atom. The van der Waals surface area contributed by atoms with Gasteiger partial charge in [0.2, 0.25) is 8.87 Å². The zero-order valence-corrected chi connectivity index (χ0v) is 15.8. The topological polar surface area (TPSA) is 49.9 Å². The van der Waals surface area contributed by atoms with E-state index in [1.165, 1.54) is 5.56 Å². The lowest BCUT2D eigenvalue weighted by Gasteiger charge is -2.05. The van der Waals surface area contributed by atoms with Gasteiger partial charge in [0.15, 0.2) is 0 Å². The predicted octanol–water partition coefficient (Wildman–Crippen LogP) is 5.62. The number of aryl methyl sites for hydroxylation is 1. The summed E-state index contributed by atoms with van der Waals surface area (Å²) >= 11 is 0. The van der Waals surface area contributed by atoms with E-state index in [-0.39, 0.29) is 0 Å². The third-order valence-corrected chi connectivity index (χ3v) is 7.62. The Kier molecular flexibility index (Phi) is 4.34. The first-order valence-corrected chi connectivity index (χ1v) is 11.0. The second-order valence-corrected chi connectivity index (χ2v) is 9.93. The van der Waals surface area contributed by atoms with Crippen LogP contribution in [0.25, 0.3) is 22.0 Å². The Labute approximate surface area is 156 Å². The summed E-state index contributed by atoms with van der Waals surface area (Å²) in [5.74, 6) is 0. The molecule has 1 aromatic heterocycles. The highest BCUT2D eigenvalue weighted by Crippen LogP contribution is 2.37. The summed E-state index contributed by atoms with van der Waals surface area (Å²) < 4.78 is 25.4. The largest absolute Gasteiger partial charge is 0.360 e. The normalized spacial score (nSPS) is 11.7. The molecule has 130 valence electrons. The second kappa shape index (κ2) is 6.67. The van der Waals surface area contributed by atoms with Crippen molar-refractivity contribution in [1.29, 1.82) is 0 Å². The van der Waals surface area contributed by atoms with Gasteiger partial charge in [0.25, 0.3) is 0 Å². The molecule has 5 heteroatoms. The average Bonchev–Trinajstić information content (AvgIpc) is 3.05. The van der Waals surface area contributed by atoms with E-state index in [1.807, 2.05) is 24.3 Å². The van der Waals surface area contributed by atoms with Crippen LogP contribution in [0.1, 0.15) is 5.56 Å². The third kappa shape index (κ3) is 3.28. The summed E-state index contributed by atoms with van der Waals surface area (Å²) in [6.07, 6.45) is 1.76. The predicted molar refractivity (Wildman–Crippen MR) is 108 cm³/mol. The molecule has 0 aliphatic carbocycles. The monoisotopic (exact) mass is 379 g/mol. The molecule has 0 saturated heterocycles. The molecule has 0 amide bonds. The van der Waals surface area contributed by atoms with Crippen LogP contribution in [0.3, 0.4) is 0 Å². The SMILES string of the molecule is Cc1ccc(-c2ccc3[nH]cc(SS(=O)(=O)c4ccccc4)c3c2)cc1. The minimum absolute atomic E-state index is 0.314. The van der Waals surface area contributed by atoms with Crippen molar-refractivity contribution in [2.24, 2.45) is 0 Å². The van der Waals surface area contributed by atoms with Gasteiger partial charge in [-0.15, -0.1) is 0 Å². The molecule has 0 unspecified atom stereocenters. The van der Waals surface area contributed by atoms with Crippen molar-refractivity contribution in [3.05, 3.63) is 84.6 Å². The standard InChI is InChI=1S/C21H17NO2S2/c1-15-7-9-16(10-8-15)17-11-12-20-19(13-17)21(14-22-20)25-26(23,24)18-5-3-2-4-6-18/h2-14,22H,1H3. The van der Waals surface area contributed by atoms with E-state index in [4.69, 9.17) is 0 Å². The van der Waals surface area contributed by atoms with Gasteiger partial charge in [-0.1, -0.05) is 54.1 Å². The van der Waals surface area contributed by atoms with Crippen LogP contribution in [0.5, 0.6) is 0 Å². The summed E-state index contributed by atoms with van der Waals surface area (Å²) in [6.45, 7) is 2.06. The average molecular weight is 380 g/mol. The highest BCUT2D eigenvalue weighted by molar-refractivity contribution is 8.72. The highest BCUT2D eigenvalue weighted by atomic mass is 33.1. The van der Waals surface area contributed by atoms with E-state index in [0.29, 0.717) is 9.79 Å². The third-order valence-electron chi connectivity index (χ3n) is 4.26. The van der Waals surface area contributed by atoms with Crippen molar-refractivity contribution in [1.82, 2.24) is 4.98 Å². The van der Waals surface area contributed by atoms with Gasteiger partial charge in [0, 0.05) is 32.8 Å². The van der Waals surface area contributed by atoms with Crippen LogP contribution in [-0.2, 0) is 8.87 Å². The maximum Gasteiger partial charge on any atom is 0.234 e. The molecule has 0 aliphatic heterocycles. The van der Waals surface area contributed by atoms with Gasteiger partial charge in [0.1, 0.15) is 0 Å². The lowest BCUT2D eigenvalue weighted by atomic mass is 10.0. The number of hydrogen-bond donors (Lipinski definition) is 1.